The molecular formula is C24H31N3O+2. The molecule has 2 heterocycles. The van der Waals surface area contributed by atoms with E-state index in [9.17, 15) is 4.79 Å². The molecule has 0 aliphatic carbocycles. The lowest BCUT2D eigenvalue weighted by atomic mass is 10.0. The first-order valence-electron chi connectivity index (χ1n) is 10.6. The highest BCUT2D eigenvalue weighted by molar-refractivity contribution is 5.79. The average molecular weight is 378 g/mol. The number of hydrogen-bond donors (Lipinski definition) is 3. The van der Waals surface area contributed by atoms with Crippen LogP contribution in [0.25, 0.3) is 10.9 Å². The SMILES string of the molecule is CCc1ccc2[nH]c(=O)c(C[NH2+]C3CC[NH+](Cc4ccccc4)CC3)cc2c1. The van der Waals surface area contributed by atoms with Crippen molar-refractivity contribution in [2.24, 2.45) is 0 Å². The number of aromatic nitrogens is 1. The minimum atomic E-state index is 0.0557. The van der Waals surface area contributed by atoms with Crippen LogP contribution in [0.15, 0.2) is 59.4 Å². The van der Waals surface area contributed by atoms with Gasteiger partial charge in [0.1, 0.15) is 13.1 Å². The number of fused-ring (bicyclic) bond motifs is 1. The molecule has 3 aromatic rings. The van der Waals surface area contributed by atoms with Gasteiger partial charge in [0.15, 0.2) is 0 Å². The number of rotatable bonds is 6. The van der Waals surface area contributed by atoms with Crippen molar-refractivity contribution in [2.75, 3.05) is 13.1 Å². The summed E-state index contributed by atoms with van der Waals surface area (Å²) in [6.07, 6.45) is 3.45. The lowest BCUT2D eigenvalue weighted by molar-refractivity contribution is -0.926. The number of quaternary nitrogens is 2. The van der Waals surface area contributed by atoms with Gasteiger partial charge in [-0.15, -0.1) is 0 Å². The zero-order valence-electron chi connectivity index (χ0n) is 16.7. The standard InChI is InChI=1S/C24H29N3O/c1-2-18-8-9-23-20(14-18)15-21(24(28)26-23)16-25-22-10-12-27(13-11-22)17-19-6-4-3-5-7-19/h3-9,14-15,22,25H,2,10-13,16-17H2,1H3,(H,26,28)/p+2. The Morgan fingerprint density at radius 3 is 2.57 bits per heavy atom. The zero-order chi connectivity index (χ0) is 19.3. The largest absolute Gasteiger partial charge is 0.340 e. The second-order valence-electron chi connectivity index (χ2n) is 8.09. The Labute approximate surface area is 166 Å². The van der Waals surface area contributed by atoms with Crippen molar-refractivity contribution in [1.82, 2.24) is 4.98 Å². The lowest BCUT2D eigenvalue weighted by Gasteiger charge is -2.28. The van der Waals surface area contributed by atoms with Crippen LogP contribution in [0.4, 0.5) is 0 Å². The molecule has 0 amide bonds. The maximum absolute atomic E-state index is 12.4. The van der Waals surface area contributed by atoms with E-state index in [4.69, 9.17) is 0 Å². The third-order valence-corrected chi connectivity index (χ3v) is 6.10. The number of pyridine rings is 1. The Hall–Kier alpha value is -2.43. The molecule has 28 heavy (non-hydrogen) atoms. The highest BCUT2D eigenvalue weighted by atomic mass is 16.1. The number of benzene rings is 2. The summed E-state index contributed by atoms with van der Waals surface area (Å²) in [6.45, 7) is 6.47. The highest BCUT2D eigenvalue weighted by Crippen LogP contribution is 2.14. The first-order valence-corrected chi connectivity index (χ1v) is 10.6. The summed E-state index contributed by atoms with van der Waals surface area (Å²) in [7, 11) is 0. The van der Waals surface area contributed by atoms with E-state index in [2.05, 4.69) is 65.8 Å². The number of piperidine rings is 1. The number of aryl methyl sites for hydroxylation is 1. The number of nitrogens with two attached hydrogens (primary N) is 1. The fourth-order valence-electron chi connectivity index (χ4n) is 4.31. The normalized spacial score (nSPS) is 19.8. The molecule has 0 spiro atoms. The molecule has 0 unspecified atom stereocenters. The maximum atomic E-state index is 12.4. The number of aromatic amines is 1. The minimum Gasteiger partial charge on any atom is -0.340 e. The lowest BCUT2D eigenvalue weighted by Crippen LogP contribution is -3.13. The highest BCUT2D eigenvalue weighted by Gasteiger charge is 2.24. The van der Waals surface area contributed by atoms with Gasteiger partial charge in [-0.2, -0.15) is 0 Å². The smallest absolute Gasteiger partial charge is 0.257 e. The summed E-state index contributed by atoms with van der Waals surface area (Å²) in [4.78, 5) is 17.2. The van der Waals surface area contributed by atoms with Crippen LogP contribution in [-0.4, -0.2) is 24.1 Å². The van der Waals surface area contributed by atoms with Gasteiger partial charge < -0.3 is 15.2 Å². The van der Waals surface area contributed by atoms with Crippen LogP contribution in [0.2, 0.25) is 0 Å². The van der Waals surface area contributed by atoms with Crippen LogP contribution in [0.1, 0.15) is 36.5 Å². The van der Waals surface area contributed by atoms with Gasteiger partial charge in [0, 0.05) is 23.9 Å². The molecule has 1 aromatic heterocycles. The third kappa shape index (κ3) is 4.51. The molecule has 0 radical (unpaired) electrons. The van der Waals surface area contributed by atoms with Gasteiger partial charge >= 0.3 is 0 Å². The van der Waals surface area contributed by atoms with E-state index in [1.54, 1.807) is 4.90 Å². The van der Waals surface area contributed by atoms with Crippen molar-refractivity contribution in [2.45, 2.75) is 45.3 Å². The van der Waals surface area contributed by atoms with Crippen molar-refractivity contribution in [3.05, 3.63) is 81.6 Å². The van der Waals surface area contributed by atoms with Crippen LogP contribution in [0.5, 0.6) is 0 Å². The minimum absolute atomic E-state index is 0.0557. The van der Waals surface area contributed by atoms with Gasteiger partial charge in [-0.25, -0.2) is 0 Å². The number of hydrogen-bond acceptors (Lipinski definition) is 1. The molecule has 4 heteroatoms. The molecule has 0 saturated carbocycles. The Morgan fingerprint density at radius 1 is 1.04 bits per heavy atom. The van der Waals surface area contributed by atoms with Gasteiger partial charge in [-0.3, -0.25) is 4.79 Å². The van der Waals surface area contributed by atoms with E-state index in [0.717, 1.165) is 36.0 Å². The Bertz CT molecular complexity index is 972. The van der Waals surface area contributed by atoms with Crippen molar-refractivity contribution in [3.63, 3.8) is 0 Å². The van der Waals surface area contributed by atoms with Crippen molar-refractivity contribution in [1.29, 1.82) is 0 Å². The Balaban J connectivity index is 1.33. The van der Waals surface area contributed by atoms with Gasteiger partial charge in [-0.1, -0.05) is 43.3 Å². The van der Waals surface area contributed by atoms with Crippen molar-refractivity contribution < 1.29 is 10.2 Å². The molecule has 4 nitrogen and oxygen atoms in total. The second kappa shape index (κ2) is 8.72. The van der Waals surface area contributed by atoms with Gasteiger partial charge in [0.05, 0.1) is 24.7 Å². The quantitative estimate of drug-likeness (QED) is 0.598. The molecule has 4 rings (SSSR count). The summed E-state index contributed by atoms with van der Waals surface area (Å²) in [5.74, 6) is 0. The van der Waals surface area contributed by atoms with Crippen LogP contribution in [-0.2, 0) is 19.5 Å². The molecule has 1 fully saturated rings. The summed E-state index contributed by atoms with van der Waals surface area (Å²) >= 11 is 0. The molecular weight excluding hydrogens is 346 g/mol. The fraction of sp³-hybridized carbons (Fsp3) is 0.375. The van der Waals surface area contributed by atoms with Crippen molar-refractivity contribution in [3.8, 4) is 0 Å². The topological polar surface area (TPSA) is 53.9 Å². The maximum Gasteiger partial charge on any atom is 0.257 e. The van der Waals surface area contributed by atoms with E-state index >= 15 is 0 Å². The molecule has 0 bridgehead atoms. The van der Waals surface area contributed by atoms with Gasteiger partial charge in [-0.05, 0) is 35.6 Å². The second-order valence-corrected chi connectivity index (χ2v) is 8.09. The summed E-state index contributed by atoms with van der Waals surface area (Å²) < 4.78 is 0. The first kappa shape index (κ1) is 18.9. The van der Waals surface area contributed by atoms with Crippen LogP contribution >= 0.6 is 0 Å². The van der Waals surface area contributed by atoms with Gasteiger partial charge in [0.25, 0.3) is 5.56 Å². The summed E-state index contributed by atoms with van der Waals surface area (Å²) in [5.41, 5.74) is 4.61. The predicted octanol–water partition coefficient (Wildman–Crippen LogP) is 1.40. The number of likely N-dealkylation sites (tertiary alicyclic amines) is 1. The van der Waals surface area contributed by atoms with Gasteiger partial charge in [0.2, 0.25) is 0 Å². The molecule has 1 aliphatic heterocycles. The van der Waals surface area contributed by atoms with E-state index in [1.807, 2.05) is 6.07 Å². The Kier molecular flexibility index (Phi) is 5.89. The molecule has 146 valence electrons. The molecule has 1 aliphatic rings. The van der Waals surface area contributed by atoms with Crippen LogP contribution in [0.3, 0.4) is 0 Å². The number of H-pyrrole nitrogens is 1. The summed E-state index contributed by atoms with van der Waals surface area (Å²) in [5, 5.41) is 3.52. The van der Waals surface area contributed by atoms with Crippen molar-refractivity contribution >= 4 is 10.9 Å². The van der Waals surface area contributed by atoms with E-state index in [-0.39, 0.29) is 5.56 Å². The first-order chi connectivity index (χ1) is 13.7. The third-order valence-electron chi connectivity index (χ3n) is 6.10. The molecule has 0 atom stereocenters. The molecule has 2 aromatic carbocycles. The van der Waals surface area contributed by atoms with E-state index < -0.39 is 0 Å². The average Bonchev–Trinajstić information content (AvgIpc) is 2.74. The van der Waals surface area contributed by atoms with E-state index in [1.165, 1.54) is 37.1 Å². The molecule has 1 saturated heterocycles. The number of nitrogens with one attached hydrogen (secondary N) is 2. The van der Waals surface area contributed by atoms with Crippen LogP contribution in [0, 0.1) is 0 Å². The zero-order valence-corrected chi connectivity index (χ0v) is 16.7. The summed E-state index contributed by atoms with van der Waals surface area (Å²) in [6, 6.07) is 19.8. The Morgan fingerprint density at radius 2 is 1.82 bits per heavy atom. The monoisotopic (exact) mass is 377 g/mol. The fourth-order valence-corrected chi connectivity index (χ4v) is 4.31. The molecule has 4 N–H and O–H groups in total. The predicted molar refractivity (Wildman–Crippen MR) is 113 cm³/mol. The van der Waals surface area contributed by atoms with Crippen LogP contribution < -0.4 is 15.8 Å². The van der Waals surface area contributed by atoms with E-state index in [0.29, 0.717) is 6.04 Å².